The molecule has 0 spiro atoms. The van der Waals surface area contributed by atoms with Gasteiger partial charge in [-0.1, -0.05) is 0 Å². The lowest BCUT2D eigenvalue weighted by Crippen LogP contribution is -2.10. The molecule has 4 heteroatoms. The fourth-order valence-electron chi connectivity index (χ4n) is 0.700. The minimum absolute atomic E-state index is 0.0958. The van der Waals surface area contributed by atoms with Gasteiger partial charge in [0.15, 0.2) is 0 Å². The summed E-state index contributed by atoms with van der Waals surface area (Å²) in [4.78, 5) is 3.94. The van der Waals surface area contributed by atoms with E-state index in [0.29, 0.717) is 5.25 Å². The van der Waals surface area contributed by atoms with Crippen molar-refractivity contribution in [1.82, 2.24) is 0 Å². The Hall–Kier alpha value is -0.0600. The summed E-state index contributed by atoms with van der Waals surface area (Å²) in [5.74, 6) is 0. The fraction of sp³-hybridized carbons (Fsp3) is 0.800. The summed E-state index contributed by atoms with van der Waals surface area (Å²) in [5, 5.41) is 8.84. The van der Waals surface area contributed by atoms with Crippen LogP contribution in [0.3, 0.4) is 0 Å². The van der Waals surface area contributed by atoms with Crippen molar-refractivity contribution >= 4 is 18.0 Å². The molecule has 0 amide bonds. The highest BCUT2D eigenvalue weighted by atomic mass is 32.2. The molecule has 0 bridgehead atoms. The number of aliphatic hydroxyl groups excluding tert-OH is 1. The smallest absolute Gasteiger partial charge is 0.144 e. The van der Waals surface area contributed by atoms with Gasteiger partial charge >= 0.3 is 0 Å². The van der Waals surface area contributed by atoms with Gasteiger partial charge in [0, 0.05) is 18.1 Å². The third-order valence-corrected chi connectivity index (χ3v) is 2.23. The first-order valence-electron chi connectivity index (χ1n) is 2.88. The number of hydrogen-bond acceptors (Lipinski definition) is 4. The van der Waals surface area contributed by atoms with Crippen LogP contribution in [-0.2, 0) is 0 Å². The van der Waals surface area contributed by atoms with Gasteiger partial charge in [-0.25, -0.2) is 0 Å². The molecule has 0 aromatic rings. The average Bonchev–Trinajstić information content (AvgIpc) is 2.17. The Morgan fingerprint density at radius 2 is 2.56 bits per heavy atom. The van der Waals surface area contributed by atoms with E-state index in [1.807, 2.05) is 6.21 Å². The highest BCUT2D eigenvalue weighted by Crippen LogP contribution is 2.21. The van der Waals surface area contributed by atoms with Gasteiger partial charge in [0.05, 0.1) is 0 Å². The van der Waals surface area contributed by atoms with Crippen LogP contribution in [0.25, 0.3) is 0 Å². The van der Waals surface area contributed by atoms with E-state index >= 15 is 0 Å². The van der Waals surface area contributed by atoms with Gasteiger partial charge in [-0.05, 0) is 6.42 Å². The van der Waals surface area contributed by atoms with Gasteiger partial charge in [0.1, 0.15) is 5.50 Å². The van der Waals surface area contributed by atoms with Crippen molar-refractivity contribution in [3.05, 3.63) is 0 Å². The molecule has 3 N–H and O–H groups in total. The van der Waals surface area contributed by atoms with E-state index in [0.717, 1.165) is 6.42 Å². The molecule has 0 aromatic carbocycles. The SMILES string of the molecule is NC1N=CC(CCO)S1. The van der Waals surface area contributed by atoms with Gasteiger partial charge < -0.3 is 10.8 Å². The minimum atomic E-state index is -0.0958. The van der Waals surface area contributed by atoms with E-state index in [1.165, 1.54) is 0 Å². The normalized spacial score (nSPS) is 33.6. The topological polar surface area (TPSA) is 58.6 Å². The van der Waals surface area contributed by atoms with Crippen LogP contribution in [0, 0.1) is 0 Å². The molecule has 1 rings (SSSR count). The second kappa shape index (κ2) is 3.20. The molecular formula is C5H10N2OS. The molecule has 0 saturated heterocycles. The molecule has 1 aliphatic rings. The summed E-state index contributed by atoms with van der Waals surface area (Å²) in [6.45, 7) is 0.219. The second-order valence-electron chi connectivity index (χ2n) is 1.88. The quantitative estimate of drug-likeness (QED) is 0.567. The standard InChI is InChI=1S/C5H10N2OS/c6-5-7-3-4(9-5)1-2-8/h3-5,8H,1-2,6H2. The number of aliphatic imine (C=N–C) groups is 1. The molecule has 0 saturated carbocycles. The maximum atomic E-state index is 8.50. The van der Waals surface area contributed by atoms with Crippen molar-refractivity contribution < 1.29 is 5.11 Å². The Bertz CT molecular complexity index is 118. The van der Waals surface area contributed by atoms with Crippen LogP contribution in [-0.4, -0.2) is 28.7 Å². The van der Waals surface area contributed by atoms with Crippen LogP contribution in [0.5, 0.6) is 0 Å². The molecule has 1 aliphatic heterocycles. The summed E-state index contributed by atoms with van der Waals surface area (Å²) >= 11 is 1.59. The lowest BCUT2D eigenvalue weighted by atomic mass is 10.3. The zero-order valence-corrected chi connectivity index (χ0v) is 5.84. The van der Waals surface area contributed by atoms with Crippen LogP contribution in [0.15, 0.2) is 4.99 Å². The number of hydrogen-bond donors (Lipinski definition) is 2. The summed E-state index contributed by atoms with van der Waals surface area (Å²) in [6.07, 6.45) is 2.58. The van der Waals surface area contributed by atoms with Crippen molar-refractivity contribution in [1.29, 1.82) is 0 Å². The van der Waals surface area contributed by atoms with Crippen molar-refractivity contribution in [3.63, 3.8) is 0 Å². The second-order valence-corrected chi connectivity index (χ2v) is 3.24. The van der Waals surface area contributed by atoms with E-state index in [4.69, 9.17) is 10.8 Å². The molecule has 2 unspecified atom stereocenters. The molecule has 0 aromatic heterocycles. The van der Waals surface area contributed by atoms with Crippen LogP contribution in [0.4, 0.5) is 0 Å². The molecular weight excluding hydrogens is 136 g/mol. The molecule has 0 radical (unpaired) electrons. The molecule has 2 atom stereocenters. The van der Waals surface area contributed by atoms with Gasteiger partial charge in [0.2, 0.25) is 0 Å². The summed E-state index contributed by atoms with van der Waals surface area (Å²) in [6, 6.07) is 0. The minimum Gasteiger partial charge on any atom is -0.396 e. The maximum Gasteiger partial charge on any atom is 0.144 e. The van der Waals surface area contributed by atoms with Crippen LogP contribution < -0.4 is 5.73 Å². The van der Waals surface area contributed by atoms with Crippen LogP contribution in [0.1, 0.15) is 6.42 Å². The zero-order valence-electron chi connectivity index (χ0n) is 5.03. The van der Waals surface area contributed by atoms with Gasteiger partial charge in [-0.2, -0.15) is 0 Å². The lowest BCUT2D eigenvalue weighted by molar-refractivity contribution is 0.293. The number of aliphatic hydroxyl groups is 1. The van der Waals surface area contributed by atoms with E-state index < -0.39 is 0 Å². The van der Waals surface area contributed by atoms with Crippen LogP contribution in [0.2, 0.25) is 0 Å². The van der Waals surface area contributed by atoms with Gasteiger partial charge in [0.25, 0.3) is 0 Å². The highest BCUT2D eigenvalue weighted by Gasteiger charge is 2.15. The Balaban J connectivity index is 2.24. The van der Waals surface area contributed by atoms with Crippen molar-refractivity contribution in [2.75, 3.05) is 6.61 Å². The maximum absolute atomic E-state index is 8.50. The first kappa shape index (κ1) is 7.05. The predicted molar refractivity (Wildman–Crippen MR) is 39.5 cm³/mol. The van der Waals surface area contributed by atoms with Gasteiger partial charge in [-0.15, -0.1) is 11.8 Å². The predicted octanol–water partition coefficient (Wildman–Crippen LogP) is -0.203. The lowest BCUT2D eigenvalue weighted by Gasteiger charge is -2.02. The van der Waals surface area contributed by atoms with Crippen molar-refractivity contribution in [2.24, 2.45) is 10.7 Å². The Morgan fingerprint density at radius 3 is 3.00 bits per heavy atom. The number of rotatable bonds is 2. The average molecular weight is 146 g/mol. The van der Waals surface area contributed by atoms with Gasteiger partial charge in [-0.3, -0.25) is 4.99 Å². The molecule has 0 aliphatic carbocycles. The van der Waals surface area contributed by atoms with E-state index in [9.17, 15) is 0 Å². The number of nitrogens with zero attached hydrogens (tertiary/aromatic N) is 1. The monoisotopic (exact) mass is 146 g/mol. The Morgan fingerprint density at radius 1 is 1.78 bits per heavy atom. The molecule has 3 nitrogen and oxygen atoms in total. The van der Waals surface area contributed by atoms with E-state index in [1.54, 1.807) is 11.8 Å². The number of thioether (sulfide) groups is 1. The third-order valence-electron chi connectivity index (χ3n) is 1.13. The molecule has 0 fully saturated rings. The summed E-state index contributed by atoms with van der Waals surface area (Å²) in [5.41, 5.74) is 5.34. The van der Waals surface area contributed by atoms with E-state index in [2.05, 4.69) is 4.99 Å². The van der Waals surface area contributed by atoms with Crippen molar-refractivity contribution in [2.45, 2.75) is 17.2 Å². The fourth-order valence-corrected chi connectivity index (χ4v) is 1.58. The summed E-state index contributed by atoms with van der Waals surface area (Å²) in [7, 11) is 0. The van der Waals surface area contributed by atoms with Crippen molar-refractivity contribution in [3.8, 4) is 0 Å². The molecule has 52 valence electrons. The Labute approximate surface area is 58.3 Å². The highest BCUT2D eigenvalue weighted by molar-refractivity contribution is 8.01. The molecule has 1 heterocycles. The number of nitrogens with two attached hydrogens (primary N) is 1. The van der Waals surface area contributed by atoms with Crippen LogP contribution >= 0.6 is 11.8 Å². The Kier molecular flexibility index (Phi) is 2.50. The van der Waals surface area contributed by atoms with E-state index in [-0.39, 0.29) is 12.1 Å². The first-order chi connectivity index (χ1) is 4.33. The third kappa shape index (κ3) is 1.97. The largest absolute Gasteiger partial charge is 0.396 e. The zero-order chi connectivity index (χ0) is 6.69. The molecule has 9 heavy (non-hydrogen) atoms. The summed E-state index contributed by atoms with van der Waals surface area (Å²) < 4.78 is 0. The first-order valence-corrected chi connectivity index (χ1v) is 3.82.